The molecule has 0 aromatic heterocycles. The van der Waals surface area contributed by atoms with Gasteiger partial charge in [0.15, 0.2) is 0 Å². The van der Waals surface area contributed by atoms with E-state index < -0.39 is 11.9 Å². The van der Waals surface area contributed by atoms with Crippen LogP contribution in [0.5, 0.6) is 0 Å². The molecule has 0 aliphatic heterocycles. The monoisotopic (exact) mass is 377 g/mol. The second-order valence-electron chi connectivity index (χ2n) is 5.78. The average Bonchev–Trinajstić information content (AvgIpc) is 2.68. The van der Waals surface area contributed by atoms with Gasteiger partial charge in [0.25, 0.3) is 0 Å². The molecule has 0 bridgehead atoms. The molecular weight excluding hydrogens is 362 g/mol. The molecule has 0 unspecified atom stereocenters. The summed E-state index contributed by atoms with van der Waals surface area (Å²) in [4.78, 5) is 23.3. The number of anilines is 1. The van der Waals surface area contributed by atoms with Crippen LogP contribution < -0.4 is 5.32 Å². The maximum absolute atomic E-state index is 12.1. The van der Waals surface area contributed by atoms with Crippen molar-refractivity contribution in [3.63, 3.8) is 0 Å². The lowest BCUT2D eigenvalue weighted by atomic mass is 10.0. The van der Waals surface area contributed by atoms with Gasteiger partial charge in [0.05, 0.1) is 11.3 Å². The minimum Gasteiger partial charge on any atom is -0.478 e. The summed E-state index contributed by atoms with van der Waals surface area (Å²) in [5, 5.41) is 12.2. The molecule has 0 radical (unpaired) electrons. The zero-order valence-corrected chi connectivity index (χ0v) is 15.0. The van der Waals surface area contributed by atoms with Crippen LogP contribution in [-0.4, -0.2) is 17.0 Å². The fourth-order valence-corrected chi connectivity index (χ4v) is 2.83. The molecule has 2 N–H and O–H groups in total. The number of carbonyl (C=O) groups excluding carboxylic acids is 1. The topological polar surface area (TPSA) is 66.4 Å². The molecular formula is C22H16ClNO3. The summed E-state index contributed by atoms with van der Waals surface area (Å²) in [6, 6.07) is 21.7. The van der Waals surface area contributed by atoms with Crippen LogP contribution in [0.25, 0.3) is 17.2 Å². The van der Waals surface area contributed by atoms with Crippen LogP contribution in [0.3, 0.4) is 0 Å². The first kappa shape index (κ1) is 18.4. The quantitative estimate of drug-likeness (QED) is 0.588. The molecule has 3 rings (SSSR count). The summed E-state index contributed by atoms with van der Waals surface area (Å²) in [5.74, 6) is -1.54. The number of hydrogen-bond acceptors (Lipinski definition) is 2. The van der Waals surface area contributed by atoms with Crippen LogP contribution in [0, 0.1) is 0 Å². The van der Waals surface area contributed by atoms with Crippen molar-refractivity contribution in [2.24, 2.45) is 0 Å². The summed E-state index contributed by atoms with van der Waals surface area (Å²) >= 11 is 6.33. The van der Waals surface area contributed by atoms with Gasteiger partial charge in [0.1, 0.15) is 0 Å². The number of para-hydroxylation sites is 1. The SMILES string of the molecule is O=C(C=Cc1ccc(-c2ccccc2)cc1Cl)Nc1ccccc1C(=O)O. The molecule has 0 heterocycles. The maximum atomic E-state index is 12.1. The first-order valence-corrected chi connectivity index (χ1v) is 8.59. The molecule has 0 spiro atoms. The van der Waals surface area contributed by atoms with E-state index in [1.807, 2.05) is 48.5 Å². The summed E-state index contributed by atoms with van der Waals surface area (Å²) in [6.07, 6.45) is 2.91. The van der Waals surface area contributed by atoms with E-state index in [-0.39, 0.29) is 11.3 Å². The summed E-state index contributed by atoms with van der Waals surface area (Å²) < 4.78 is 0. The molecule has 0 fully saturated rings. The first-order valence-electron chi connectivity index (χ1n) is 8.21. The third-order valence-electron chi connectivity index (χ3n) is 3.94. The Hall–Kier alpha value is -3.37. The van der Waals surface area contributed by atoms with E-state index in [1.165, 1.54) is 18.2 Å². The van der Waals surface area contributed by atoms with Gasteiger partial charge < -0.3 is 10.4 Å². The Morgan fingerprint density at radius 3 is 2.30 bits per heavy atom. The molecule has 3 aromatic rings. The van der Waals surface area contributed by atoms with Crippen molar-refractivity contribution in [2.75, 3.05) is 5.32 Å². The van der Waals surface area contributed by atoms with Crippen molar-refractivity contribution in [2.45, 2.75) is 0 Å². The number of carboxylic acid groups (broad SMARTS) is 1. The highest BCUT2D eigenvalue weighted by atomic mass is 35.5. The van der Waals surface area contributed by atoms with Gasteiger partial charge in [0.2, 0.25) is 5.91 Å². The van der Waals surface area contributed by atoms with Crippen molar-refractivity contribution in [1.82, 2.24) is 0 Å². The largest absolute Gasteiger partial charge is 0.478 e. The fourth-order valence-electron chi connectivity index (χ4n) is 2.59. The van der Waals surface area contributed by atoms with Crippen LogP contribution in [-0.2, 0) is 4.79 Å². The molecule has 0 atom stereocenters. The molecule has 4 nitrogen and oxygen atoms in total. The Morgan fingerprint density at radius 2 is 1.59 bits per heavy atom. The molecule has 27 heavy (non-hydrogen) atoms. The standard InChI is InChI=1S/C22H16ClNO3/c23-19-14-17(15-6-2-1-3-7-15)11-10-16(19)12-13-21(25)24-20-9-5-4-8-18(20)22(26)27/h1-14H,(H,24,25)(H,26,27). The van der Waals surface area contributed by atoms with Gasteiger partial charge in [-0.3, -0.25) is 4.79 Å². The lowest BCUT2D eigenvalue weighted by Crippen LogP contribution is -2.11. The van der Waals surface area contributed by atoms with Crippen LogP contribution in [0.4, 0.5) is 5.69 Å². The lowest BCUT2D eigenvalue weighted by Gasteiger charge is -2.06. The normalized spacial score (nSPS) is 10.7. The smallest absolute Gasteiger partial charge is 0.337 e. The van der Waals surface area contributed by atoms with Crippen molar-refractivity contribution >= 4 is 35.2 Å². The number of hydrogen-bond donors (Lipinski definition) is 2. The van der Waals surface area contributed by atoms with Gasteiger partial charge >= 0.3 is 5.97 Å². The zero-order valence-electron chi connectivity index (χ0n) is 14.2. The second kappa shape index (κ2) is 8.34. The highest BCUT2D eigenvalue weighted by molar-refractivity contribution is 6.32. The first-order chi connectivity index (χ1) is 13.0. The maximum Gasteiger partial charge on any atom is 0.337 e. The van der Waals surface area contributed by atoms with Crippen LogP contribution >= 0.6 is 11.6 Å². The molecule has 0 aliphatic rings. The van der Waals surface area contributed by atoms with Gasteiger partial charge in [-0.15, -0.1) is 0 Å². The lowest BCUT2D eigenvalue weighted by molar-refractivity contribution is -0.111. The number of benzene rings is 3. The number of amides is 1. The van der Waals surface area contributed by atoms with Gasteiger partial charge in [0, 0.05) is 11.1 Å². The average molecular weight is 378 g/mol. The van der Waals surface area contributed by atoms with Gasteiger partial charge in [-0.1, -0.05) is 66.2 Å². The number of halogens is 1. The van der Waals surface area contributed by atoms with E-state index in [0.29, 0.717) is 10.6 Å². The Bertz CT molecular complexity index is 1010. The minimum atomic E-state index is -1.10. The molecule has 0 aliphatic carbocycles. The predicted molar refractivity (Wildman–Crippen MR) is 108 cm³/mol. The van der Waals surface area contributed by atoms with Crippen LogP contribution in [0.1, 0.15) is 15.9 Å². The van der Waals surface area contributed by atoms with E-state index in [9.17, 15) is 9.59 Å². The number of aromatic carboxylic acids is 1. The second-order valence-corrected chi connectivity index (χ2v) is 6.18. The molecule has 1 amide bonds. The Kier molecular flexibility index (Phi) is 5.69. The summed E-state index contributed by atoms with van der Waals surface area (Å²) in [6.45, 7) is 0. The summed E-state index contributed by atoms with van der Waals surface area (Å²) in [7, 11) is 0. The highest BCUT2D eigenvalue weighted by Gasteiger charge is 2.10. The predicted octanol–water partition coefficient (Wildman–Crippen LogP) is 5.36. The minimum absolute atomic E-state index is 0.0319. The van der Waals surface area contributed by atoms with Crippen molar-refractivity contribution in [1.29, 1.82) is 0 Å². The molecule has 5 heteroatoms. The van der Waals surface area contributed by atoms with E-state index in [4.69, 9.17) is 16.7 Å². The highest BCUT2D eigenvalue weighted by Crippen LogP contribution is 2.26. The Labute approximate surface area is 161 Å². The third-order valence-corrected chi connectivity index (χ3v) is 4.26. The van der Waals surface area contributed by atoms with E-state index in [1.54, 1.807) is 18.2 Å². The number of carbonyl (C=O) groups is 2. The number of carboxylic acids is 1. The summed E-state index contributed by atoms with van der Waals surface area (Å²) in [5.41, 5.74) is 3.00. The molecule has 0 saturated carbocycles. The van der Waals surface area contributed by atoms with Crippen molar-refractivity contribution < 1.29 is 14.7 Å². The van der Waals surface area contributed by atoms with Gasteiger partial charge in [-0.05, 0) is 41.0 Å². The zero-order chi connectivity index (χ0) is 19.2. The fraction of sp³-hybridized carbons (Fsp3) is 0. The van der Waals surface area contributed by atoms with Crippen LogP contribution in [0.15, 0.2) is 78.9 Å². The molecule has 3 aromatic carbocycles. The van der Waals surface area contributed by atoms with E-state index in [0.717, 1.165) is 11.1 Å². The number of rotatable bonds is 5. The van der Waals surface area contributed by atoms with Crippen molar-refractivity contribution in [3.05, 3.63) is 95.0 Å². The van der Waals surface area contributed by atoms with E-state index in [2.05, 4.69) is 5.32 Å². The van der Waals surface area contributed by atoms with Crippen LogP contribution in [0.2, 0.25) is 5.02 Å². The Morgan fingerprint density at radius 1 is 0.889 bits per heavy atom. The third kappa shape index (κ3) is 4.63. The number of nitrogens with one attached hydrogen (secondary N) is 1. The van der Waals surface area contributed by atoms with Crippen molar-refractivity contribution in [3.8, 4) is 11.1 Å². The van der Waals surface area contributed by atoms with Gasteiger partial charge in [-0.25, -0.2) is 4.79 Å². The molecule has 0 saturated heterocycles. The Balaban J connectivity index is 1.74. The molecule has 134 valence electrons. The van der Waals surface area contributed by atoms with Gasteiger partial charge in [-0.2, -0.15) is 0 Å². The van der Waals surface area contributed by atoms with E-state index >= 15 is 0 Å².